The van der Waals surface area contributed by atoms with Crippen molar-refractivity contribution >= 4 is 27.5 Å². The molecule has 0 saturated heterocycles. The number of nitrogens with zero attached hydrogens (tertiary/aromatic N) is 3. The van der Waals surface area contributed by atoms with Gasteiger partial charge in [0.05, 0.1) is 23.3 Å². The van der Waals surface area contributed by atoms with Gasteiger partial charge in [0.25, 0.3) is 5.56 Å². The summed E-state index contributed by atoms with van der Waals surface area (Å²) in [4.78, 5) is 34.0. The topological polar surface area (TPSA) is 92.7 Å². The second kappa shape index (κ2) is 8.66. The molecule has 0 spiro atoms. The van der Waals surface area contributed by atoms with E-state index in [1.54, 1.807) is 23.0 Å². The van der Waals surface area contributed by atoms with Crippen LogP contribution in [0, 0.1) is 26.6 Å². The number of carbonyl (C=O) groups is 1. The molecule has 0 saturated carbocycles. The highest BCUT2D eigenvalue weighted by Crippen LogP contribution is 2.26. The Hall–Kier alpha value is -3.33. The number of amides is 1. The van der Waals surface area contributed by atoms with Crippen molar-refractivity contribution in [2.45, 2.75) is 46.6 Å². The number of thiophene rings is 1. The summed E-state index contributed by atoms with van der Waals surface area (Å²) < 4.78 is 14.9. The van der Waals surface area contributed by atoms with E-state index in [0.717, 1.165) is 27.4 Å². The van der Waals surface area contributed by atoms with Crippen molar-refractivity contribution in [1.29, 1.82) is 0 Å². The Balaban J connectivity index is 1.42. The normalized spacial score (nSPS) is 12.3. The van der Waals surface area contributed by atoms with Crippen molar-refractivity contribution < 1.29 is 9.18 Å². The van der Waals surface area contributed by atoms with Gasteiger partial charge in [0.1, 0.15) is 16.5 Å². The van der Waals surface area contributed by atoms with Gasteiger partial charge in [-0.2, -0.15) is 5.10 Å². The van der Waals surface area contributed by atoms with Crippen LogP contribution in [-0.4, -0.2) is 25.7 Å². The molecule has 1 amide bonds. The van der Waals surface area contributed by atoms with Gasteiger partial charge in [-0.05, 0) is 57.5 Å². The SMILES string of the molecule is Cc1sc2nc(CCC(=O)NC(C)c3cnn(-c4ccc(F)cc4)c3C)[nH]c(=O)c2c1C. The third-order valence-electron chi connectivity index (χ3n) is 5.64. The number of nitrogens with one attached hydrogen (secondary N) is 2. The highest BCUT2D eigenvalue weighted by molar-refractivity contribution is 7.18. The molecule has 0 aliphatic rings. The molecule has 0 bridgehead atoms. The Labute approximate surface area is 188 Å². The summed E-state index contributed by atoms with van der Waals surface area (Å²) in [5.41, 5.74) is 3.28. The summed E-state index contributed by atoms with van der Waals surface area (Å²) in [5, 5.41) is 7.98. The van der Waals surface area contributed by atoms with Gasteiger partial charge in [-0.15, -0.1) is 11.3 Å². The van der Waals surface area contributed by atoms with E-state index in [0.29, 0.717) is 22.5 Å². The van der Waals surface area contributed by atoms with E-state index >= 15 is 0 Å². The van der Waals surface area contributed by atoms with Crippen molar-refractivity contribution in [2.75, 3.05) is 0 Å². The van der Waals surface area contributed by atoms with Crippen LogP contribution in [0.25, 0.3) is 15.9 Å². The fourth-order valence-electron chi connectivity index (χ4n) is 3.73. The van der Waals surface area contributed by atoms with E-state index in [1.165, 1.54) is 23.5 Å². The maximum Gasteiger partial charge on any atom is 0.259 e. The van der Waals surface area contributed by atoms with Gasteiger partial charge < -0.3 is 10.3 Å². The zero-order valence-electron chi connectivity index (χ0n) is 18.3. The summed E-state index contributed by atoms with van der Waals surface area (Å²) in [6.07, 6.45) is 2.25. The van der Waals surface area contributed by atoms with E-state index in [-0.39, 0.29) is 29.7 Å². The third kappa shape index (κ3) is 4.20. The molecule has 32 heavy (non-hydrogen) atoms. The Morgan fingerprint density at radius 2 is 1.97 bits per heavy atom. The van der Waals surface area contributed by atoms with Gasteiger partial charge >= 0.3 is 0 Å². The molecule has 0 radical (unpaired) electrons. The first-order valence-corrected chi connectivity index (χ1v) is 11.1. The zero-order valence-corrected chi connectivity index (χ0v) is 19.1. The molecule has 0 fully saturated rings. The highest BCUT2D eigenvalue weighted by atomic mass is 32.1. The van der Waals surface area contributed by atoms with Gasteiger partial charge in [0.15, 0.2) is 0 Å². The van der Waals surface area contributed by atoms with E-state index in [2.05, 4.69) is 20.4 Å². The Kier molecular flexibility index (Phi) is 5.92. The van der Waals surface area contributed by atoms with Crippen LogP contribution in [-0.2, 0) is 11.2 Å². The van der Waals surface area contributed by atoms with E-state index in [9.17, 15) is 14.0 Å². The first-order chi connectivity index (χ1) is 15.2. The van der Waals surface area contributed by atoms with Gasteiger partial charge in [-0.1, -0.05) is 0 Å². The molecule has 1 aromatic carbocycles. The molecule has 9 heteroatoms. The molecule has 4 aromatic rings. The van der Waals surface area contributed by atoms with Crippen LogP contribution in [0.2, 0.25) is 0 Å². The minimum atomic E-state index is -0.307. The number of H-pyrrole nitrogens is 1. The molecule has 2 N–H and O–H groups in total. The molecule has 166 valence electrons. The van der Waals surface area contributed by atoms with Gasteiger partial charge in [0, 0.05) is 29.0 Å². The van der Waals surface area contributed by atoms with Crippen molar-refractivity contribution in [1.82, 2.24) is 25.1 Å². The van der Waals surface area contributed by atoms with Crippen LogP contribution in [0.1, 0.15) is 46.9 Å². The molecule has 0 aliphatic heterocycles. The molecule has 4 rings (SSSR count). The molecule has 0 aliphatic carbocycles. The summed E-state index contributed by atoms with van der Waals surface area (Å²) in [6, 6.07) is 5.83. The molecular weight excluding hydrogens is 429 g/mol. The van der Waals surface area contributed by atoms with Crippen molar-refractivity contribution in [2.24, 2.45) is 0 Å². The second-order valence-corrected chi connectivity index (χ2v) is 9.04. The molecule has 3 aromatic heterocycles. The van der Waals surface area contributed by atoms with E-state index < -0.39 is 0 Å². The van der Waals surface area contributed by atoms with Crippen molar-refractivity contribution in [3.8, 4) is 5.69 Å². The van der Waals surface area contributed by atoms with Crippen molar-refractivity contribution in [3.05, 3.63) is 74.2 Å². The quantitative estimate of drug-likeness (QED) is 0.461. The smallest absolute Gasteiger partial charge is 0.259 e. The molecular formula is C23H24FN5O2S. The number of halogens is 1. The maximum absolute atomic E-state index is 13.2. The number of hydrogen-bond donors (Lipinski definition) is 2. The third-order valence-corrected chi connectivity index (χ3v) is 6.74. The highest BCUT2D eigenvalue weighted by Gasteiger charge is 2.17. The van der Waals surface area contributed by atoms with Crippen molar-refractivity contribution in [3.63, 3.8) is 0 Å². The number of aromatic nitrogens is 4. The minimum Gasteiger partial charge on any atom is -0.349 e. The molecule has 1 atom stereocenters. The Morgan fingerprint density at radius 1 is 1.25 bits per heavy atom. The first-order valence-electron chi connectivity index (χ1n) is 10.3. The van der Waals surface area contributed by atoms with Gasteiger partial charge in [-0.3, -0.25) is 9.59 Å². The van der Waals surface area contributed by atoms with Crippen LogP contribution in [0.15, 0.2) is 35.3 Å². The van der Waals surface area contributed by atoms with Gasteiger partial charge in [0.2, 0.25) is 5.91 Å². The van der Waals surface area contributed by atoms with Crippen LogP contribution < -0.4 is 10.9 Å². The second-order valence-electron chi connectivity index (χ2n) is 7.84. The molecule has 3 heterocycles. The van der Waals surface area contributed by atoms with Crippen LogP contribution in [0.3, 0.4) is 0 Å². The first kappa shape index (κ1) is 21.9. The van der Waals surface area contributed by atoms with Crippen LogP contribution >= 0.6 is 11.3 Å². The van der Waals surface area contributed by atoms with Gasteiger partial charge in [-0.25, -0.2) is 14.1 Å². The van der Waals surface area contributed by atoms with E-state index in [4.69, 9.17) is 0 Å². The monoisotopic (exact) mass is 453 g/mol. The number of benzene rings is 1. The lowest BCUT2D eigenvalue weighted by molar-refractivity contribution is -0.121. The minimum absolute atomic E-state index is 0.146. The number of aromatic amines is 1. The summed E-state index contributed by atoms with van der Waals surface area (Å²) in [5.74, 6) is 0.0540. The lowest BCUT2D eigenvalue weighted by atomic mass is 10.1. The summed E-state index contributed by atoms with van der Waals surface area (Å²) in [6.45, 7) is 7.68. The Morgan fingerprint density at radius 3 is 2.69 bits per heavy atom. The predicted molar refractivity (Wildman–Crippen MR) is 123 cm³/mol. The molecule has 1 unspecified atom stereocenters. The number of carbonyl (C=O) groups excluding carboxylic acids is 1. The standard InChI is InChI=1S/C23H24FN5O2S/c1-12-15(4)32-23-21(12)22(31)27-19(28-23)9-10-20(30)26-13(2)18-11-25-29(14(18)3)17-7-5-16(24)6-8-17/h5-8,11,13H,9-10H2,1-4H3,(H,26,30)(H,27,28,31). The maximum atomic E-state index is 13.2. The largest absolute Gasteiger partial charge is 0.349 e. The number of fused-ring (bicyclic) bond motifs is 1. The van der Waals surface area contributed by atoms with E-state index in [1.807, 2.05) is 27.7 Å². The Bertz CT molecular complexity index is 1350. The molecule has 7 nitrogen and oxygen atoms in total. The number of hydrogen-bond acceptors (Lipinski definition) is 5. The average Bonchev–Trinajstić information content (AvgIpc) is 3.26. The van der Waals surface area contributed by atoms with Crippen LogP contribution in [0.5, 0.6) is 0 Å². The lowest BCUT2D eigenvalue weighted by Crippen LogP contribution is -2.27. The van der Waals surface area contributed by atoms with Crippen LogP contribution in [0.4, 0.5) is 4.39 Å². The summed E-state index contributed by atoms with van der Waals surface area (Å²) >= 11 is 1.49. The zero-order chi connectivity index (χ0) is 23.0. The summed E-state index contributed by atoms with van der Waals surface area (Å²) in [7, 11) is 0. The fourth-order valence-corrected chi connectivity index (χ4v) is 4.78. The fraction of sp³-hybridized carbons (Fsp3) is 0.304. The average molecular weight is 454 g/mol. The lowest BCUT2D eigenvalue weighted by Gasteiger charge is -2.14. The predicted octanol–water partition coefficient (Wildman–Crippen LogP) is 4.04. The number of aryl methyl sites for hydroxylation is 3. The number of rotatable bonds is 6.